The zero-order valence-electron chi connectivity index (χ0n) is 25.2. The fourth-order valence-electron chi connectivity index (χ4n) is 8.06. The zero-order valence-corrected chi connectivity index (χ0v) is 25.2. The minimum atomic E-state index is -0.261. The van der Waals surface area contributed by atoms with Gasteiger partial charge >= 0.3 is 0 Å². The molecule has 7 unspecified atom stereocenters. The van der Waals surface area contributed by atoms with Gasteiger partial charge in [-0.05, 0) is 111 Å². The Labute approximate surface area is 254 Å². The van der Waals surface area contributed by atoms with E-state index in [0.717, 1.165) is 57.1 Å². The van der Waals surface area contributed by atoms with Crippen LogP contribution in [0.2, 0.25) is 0 Å². The molecule has 2 fully saturated rings. The molecule has 7 atom stereocenters. The predicted molar refractivity (Wildman–Crippen MR) is 168 cm³/mol. The van der Waals surface area contributed by atoms with E-state index >= 15 is 0 Å². The van der Waals surface area contributed by atoms with Gasteiger partial charge in [-0.2, -0.15) is 0 Å². The van der Waals surface area contributed by atoms with Crippen molar-refractivity contribution in [3.8, 4) is 0 Å². The van der Waals surface area contributed by atoms with Gasteiger partial charge in [0.2, 0.25) is 17.7 Å². The van der Waals surface area contributed by atoms with Crippen LogP contribution in [0.15, 0.2) is 72.8 Å². The van der Waals surface area contributed by atoms with Crippen molar-refractivity contribution in [1.82, 2.24) is 0 Å². The predicted octanol–water partition coefficient (Wildman–Crippen LogP) is 6.70. The second kappa shape index (κ2) is 12.4. The van der Waals surface area contributed by atoms with Gasteiger partial charge in [-0.3, -0.25) is 24.1 Å². The van der Waals surface area contributed by atoms with Gasteiger partial charge < -0.3 is 5.32 Å². The molecule has 0 aromatic heterocycles. The SMILES string of the molecule is CC(=O)C1C2C=CC(C2)C1C(=O)Nc1ccc(CCCCCc2ccc(N(C(C)=O)C(=O)C3CC4C=CC3C4)cc2)cc1. The van der Waals surface area contributed by atoms with Crippen molar-refractivity contribution in [2.45, 2.75) is 65.2 Å². The summed E-state index contributed by atoms with van der Waals surface area (Å²) in [6.07, 6.45) is 16.5. The van der Waals surface area contributed by atoms with E-state index in [2.05, 4.69) is 41.8 Å². The number of carbonyl (C=O) groups excluding carboxylic acids is 4. The second-order valence-electron chi connectivity index (χ2n) is 13.1. The lowest BCUT2D eigenvalue weighted by Gasteiger charge is -2.26. The van der Waals surface area contributed by atoms with Crippen molar-refractivity contribution in [2.24, 2.45) is 41.4 Å². The highest BCUT2D eigenvalue weighted by Gasteiger charge is 2.50. The van der Waals surface area contributed by atoms with Crippen LogP contribution >= 0.6 is 0 Å². The van der Waals surface area contributed by atoms with Crippen LogP contribution in [0.1, 0.15) is 63.5 Å². The summed E-state index contributed by atoms with van der Waals surface area (Å²) < 4.78 is 0. The molecule has 0 saturated heterocycles. The highest BCUT2D eigenvalue weighted by molar-refractivity contribution is 6.15. The third-order valence-corrected chi connectivity index (χ3v) is 10.2. The number of aryl methyl sites for hydroxylation is 2. The van der Waals surface area contributed by atoms with Crippen LogP contribution in [0.25, 0.3) is 0 Å². The number of carbonyl (C=O) groups is 4. The van der Waals surface area contributed by atoms with E-state index in [9.17, 15) is 19.2 Å². The molecule has 6 nitrogen and oxygen atoms in total. The average molecular weight is 579 g/mol. The molecule has 6 rings (SSSR count). The number of unbranched alkanes of at least 4 members (excludes halogenated alkanes) is 2. The van der Waals surface area contributed by atoms with Crippen LogP contribution < -0.4 is 10.2 Å². The molecule has 6 heteroatoms. The first-order valence-corrected chi connectivity index (χ1v) is 16.0. The fraction of sp³-hybridized carbons (Fsp3) is 0.459. The van der Waals surface area contributed by atoms with Gasteiger partial charge in [-0.15, -0.1) is 0 Å². The quantitative estimate of drug-likeness (QED) is 0.238. The Balaban J connectivity index is 0.934. The molecule has 2 aromatic rings. The summed E-state index contributed by atoms with van der Waals surface area (Å²) in [5, 5.41) is 3.05. The lowest BCUT2D eigenvalue weighted by atomic mass is 9.80. The average Bonchev–Trinajstić information content (AvgIpc) is 3.80. The summed E-state index contributed by atoms with van der Waals surface area (Å²) >= 11 is 0. The van der Waals surface area contributed by atoms with E-state index in [1.54, 1.807) is 6.92 Å². The summed E-state index contributed by atoms with van der Waals surface area (Å²) in [6.45, 7) is 3.08. The topological polar surface area (TPSA) is 83.6 Å². The van der Waals surface area contributed by atoms with E-state index in [1.807, 2.05) is 36.4 Å². The van der Waals surface area contributed by atoms with Crippen LogP contribution in [0, 0.1) is 41.4 Å². The number of hydrogen-bond donors (Lipinski definition) is 1. The maximum absolute atomic E-state index is 13.2. The number of ketones is 1. The molecule has 224 valence electrons. The van der Waals surface area contributed by atoms with Crippen molar-refractivity contribution in [2.75, 3.05) is 10.2 Å². The van der Waals surface area contributed by atoms with Gasteiger partial charge in [0.1, 0.15) is 5.78 Å². The molecule has 3 amide bonds. The minimum absolute atomic E-state index is 0.0449. The van der Waals surface area contributed by atoms with Gasteiger partial charge in [0.25, 0.3) is 0 Å². The molecule has 0 radical (unpaired) electrons. The smallest absolute Gasteiger partial charge is 0.237 e. The Hall–Kier alpha value is -3.80. The first kappa shape index (κ1) is 29.3. The van der Waals surface area contributed by atoms with Crippen molar-refractivity contribution in [1.29, 1.82) is 0 Å². The molecule has 0 heterocycles. The Morgan fingerprint density at radius 1 is 0.698 bits per heavy atom. The molecule has 0 aliphatic heterocycles. The number of fused-ring (bicyclic) bond motifs is 4. The Kier molecular flexibility index (Phi) is 8.47. The van der Waals surface area contributed by atoms with Crippen LogP contribution in [-0.4, -0.2) is 23.5 Å². The summed E-state index contributed by atoms with van der Waals surface area (Å²) in [4.78, 5) is 52.2. The number of imide groups is 1. The molecular formula is C37H42N2O4. The van der Waals surface area contributed by atoms with E-state index < -0.39 is 0 Å². The molecule has 2 saturated carbocycles. The Morgan fingerprint density at radius 3 is 1.86 bits per heavy atom. The molecule has 0 spiro atoms. The van der Waals surface area contributed by atoms with Crippen molar-refractivity contribution >= 4 is 34.9 Å². The van der Waals surface area contributed by atoms with Gasteiger partial charge in [0.05, 0.1) is 11.6 Å². The van der Waals surface area contributed by atoms with Crippen LogP contribution in [0.3, 0.4) is 0 Å². The maximum Gasteiger partial charge on any atom is 0.237 e. The standard InChI is InChI=1S/C37H42N2O4/c1-23(40)34-29-14-15-30(22-29)35(34)36(42)38-31-16-9-25(10-17-31)6-4-3-5-7-26-11-18-32(19-12-26)39(24(2)41)37(43)33-21-27-8-13-28(33)20-27/h8-19,27-30,33-35H,3-7,20-22H2,1-2H3,(H,38,42). The van der Waals surface area contributed by atoms with E-state index in [1.165, 1.54) is 23.0 Å². The third kappa shape index (κ3) is 6.15. The molecule has 4 bridgehead atoms. The monoisotopic (exact) mass is 578 g/mol. The molecule has 2 aromatic carbocycles. The number of rotatable bonds is 11. The molecule has 43 heavy (non-hydrogen) atoms. The number of hydrogen-bond acceptors (Lipinski definition) is 4. The van der Waals surface area contributed by atoms with Gasteiger partial charge in [-0.1, -0.05) is 55.0 Å². The van der Waals surface area contributed by atoms with Crippen LogP contribution in [0.5, 0.6) is 0 Å². The maximum atomic E-state index is 13.2. The Bertz CT molecular complexity index is 1440. The third-order valence-electron chi connectivity index (χ3n) is 10.2. The number of Topliss-reactive ketones (excluding diaryl/α,β-unsaturated/α-hetero) is 1. The number of anilines is 2. The van der Waals surface area contributed by atoms with Gasteiger partial charge in [-0.25, -0.2) is 0 Å². The number of benzene rings is 2. The lowest BCUT2D eigenvalue weighted by Crippen LogP contribution is -2.41. The zero-order chi connectivity index (χ0) is 30.1. The molecule has 4 aliphatic rings. The number of nitrogens with one attached hydrogen (secondary N) is 1. The number of nitrogens with zero attached hydrogens (tertiary/aromatic N) is 1. The first-order valence-electron chi connectivity index (χ1n) is 16.0. The molecular weight excluding hydrogens is 536 g/mol. The normalized spacial score (nSPS) is 27.9. The number of allylic oxidation sites excluding steroid dienone is 4. The molecule has 1 N–H and O–H groups in total. The van der Waals surface area contributed by atoms with Crippen LogP contribution in [-0.2, 0) is 32.0 Å². The number of amides is 3. The van der Waals surface area contributed by atoms with Crippen molar-refractivity contribution in [3.63, 3.8) is 0 Å². The largest absolute Gasteiger partial charge is 0.326 e. The van der Waals surface area contributed by atoms with Crippen LogP contribution in [0.4, 0.5) is 11.4 Å². The fourth-order valence-corrected chi connectivity index (χ4v) is 8.06. The summed E-state index contributed by atoms with van der Waals surface area (Å²) in [5.74, 6) is 0.381. The van der Waals surface area contributed by atoms with Gasteiger partial charge in [0.15, 0.2) is 0 Å². The summed E-state index contributed by atoms with van der Waals surface area (Å²) in [7, 11) is 0. The minimum Gasteiger partial charge on any atom is -0.326 e. The van der Waals surface area contributed by atoms with Gasteiger partial charge in [0, 0.05) is 24.4 Å². The Morgan fingerprint density at radius 2 is 1.30 bits per heavy atom. The van der Waals surface area contributed by atoms with Crippen molar-refractivity contribution in [3.05, 3.63) is 84.0 Å². The highest BCUT2D eigenvalue weighted by atomic mass is 16.2. The summed E-state index contributed by atoms with van der Waals surface area (Å²) in [6, 6.07) is 16.0. The van der Waals surface area contributed by atoms with E-state index in [-0.39, 0.29) is 59.0 Å². The van der Waals surface area contributed by atoms with E-state index in [0.29, 0.717) is 11.6 Å². The first-order chi connectivity index (χ1) is 20.8. The van der Waals surface area contributed by atoms with E-state index in [4.69, 9.17) is 0 Å². The highest BCUT2D eigenvalue weighted by Crippen LogP contribution is 2.49. The summed E-state index contributed by atoms with van der Waals surface area (Å²) in [5.41, 5.74) is 3.90. The molecule has 4 aliphatic carbocycles. The van der Waals surface area contributed by atoms with Crippen molar-refractivity contribution < 1.29 is 19.2 Å². The second-order valence-corrected chi connectivity index (χ2v) is 13.1. The lowest BCUT2D eigenvalue weighted by molar-refractivity contribution is -0.130.